The maximum atomic E-state index is 11.1. The van der Waals surface area contributed by atoms with Crippen LogP contribution in [0.15, 0.2) is 24.5 Å². The van der Waals surface area contributed by atoms with Crippen LogP contribution in [0.2, 0.25) is 0 Å². The number of hydrogen-bond donors (Lipinski definition) is 1. The Hall–Kier alpha value is -2.10. The highest BCUT2D eigenvalue weighted by Gasteiger charge is 2.15. The van der Waals surface area contributed by atoms with Gasteiger partial charge in [0.2, 0.25) is 0 Å². The molecule has 0 amide bonds. The van der Waals surface area contributed by atoms with Crippen LogP contribution in [0.4, 0.5) is 0 Å². The van der Waals surface area contributed by atoms with E-state index in [0.29, 0.717) is 5.56 Å². The highest BCUT2D eigenvalue weighted by Crippen LogP contribution is 2.20. The number of carbonyl (C=O) groups is 1. The molecule has 88 valence electrons. The van der Waals surface area contributed by atoms with E-state index in [-0.39, 0.29) is 0 Å². The molecule has 2 rings (SSSR count). The Morgan fingerprint density at radius 1 is 1.24 bits per heavy atom. The Morgan fingerprint density at radius 2 is 1.94 bits per heavy atom. The molecular formula is C13H14N2O2. The van der Waals surface area contributed by atoms with Crippen LogP contribution >= 0.6 is 0 Å². The van der Waals surface area contributed by atoms with Crippen molar-refractivity contribution in [2.45, 2.75) is 20.8 Å². The molecule has 17 heavy (non-hydrogen) atoms. The van der Waals surface area contributed by atoms with E-state index < -0.39 is 5.97 Å². The molecule has 4 nitrogen and oxygen atoms in total. The molecule has 2 heterocycles. The van der Waals surface area contributed by atoms with E-state index in [0.717, 1.165) is 22.6 Å². The zero-order valence-electron chi connectivity index (χ0n) is 10.1. The number of rotatable bonds is 2. The Kier molecular flexibility index (Phi) is 2.71. The van der Waals surface area contributed by atoms with Crippen LogP contribution < -0.4 is 0 Å². The predicted molar refractivity (Wildman–Crippen MR) is 64.7 cm³/mol. The molecule has 0 spiro atoms. The number of carboxylic acids is 1. The molecular weight excluding hydrogens is 216 g/mol. The Labute approximate surface area is 99.5 Å². The topological polar surface area (TPSA) is 55.1 Å². The molecule has 0 unspecified atom stereocenters. The second kappa shape index (κ2) is 4.05. The van der Waals surface area contributed by atoms with Gasteiger partial charge in [-0.15, -0.1) is 0 Å². The normalized spacial score (nSPS) is 10.5. The average Bonchev–Trinajstić information content (AvgIpc) is 2.54. The first-order valence-corrected chi connectivity index (χ1v) is 5.35. The van der Waals surface area contributed by atoms with Crippen molar-refractivity contribution in [1.29, 1.82) is 0 Å². The molecule has 0 aromatic carbocycles. The van der Waals surface area contributed by atoms with Crippen molar-refractivity contribution in [3.8, 4) is 5.69 Å². The first kappa shape index (κ1) is 11.4. The number of aromatic nitrogens is 2. The summed E-state index contributed by atoms with van der Waals surface area (Å²) in [5, 5.41) is 9.08. The summed E-state index contributed by atoms with van der Waals surface area (Å²) < 4.78 is 1.91. The number of pyridine rings is 1. The summed E-state index contributed by atoms with van der Waals surface area (Å²) in [4.78, 5) is 15.2. The number of nitrogens with zero attached hydrogens (tertiary/aromatic N) is 2. The van der Waals surface area contributed by atoms with Gasteiger partial charge in [-0.1, -0.05) is 0 Å². The smallest absolute Gasteiger partial charge is 0.337 e. The lowest BCUT2D eigenvalue weighted by Crippen LogP contribution is -2.03. The van der Waals surface area contributed by atoms with Gasteiger partial charge in [-0.3, -0.25) is 4.98 Å². The lowest BCUT2D eigenvalue weighted by Gasteiger charge is -2.09. The minimum atomic E-state index is -0.898. The van der Waals surface area contributed by atoms with E-state index in [1.807, 2.05) is 24.5 Å². The van der Waals surface area contributed by atoms with E-state index in [2.05, 4.69) is 4.98 Å². The minimum absolute atomic E-state index is 0.337. The first-order valence-electron chi connectivity index (χ1n) is 5.35. The minimum Gasteiger partial charge on any atom is -0.478 e. The molecule has 4 heteroatoms. The summed E-state index contributed by atoms with van der Waals surface area (Å²) in [7, 11) is 0. The van der Waals surface area contributed by atoms with Crippen LogP contribution in [0.5, 0.6) is 0 Å². The second-order valence-corrected chi connectivity index (χ2v) is 4.15. The lowest BCUT2D eigenvalue weighted by molar-refractivity contribution is 0.0696. The fourth-order valence-corrected chi connectivity index (χ4v) is 2.04. The van der Waals surface area contributed by atoms with Crippen molar-refractivity contribution in [1.82, 2.24) is 9.55 Å². The van der Waals surface area contributed by atoms with Gasteiger partial charge in [0.1, 0.15) is 0 Å². The third kappa shape index (κ3) is 1.93. The summed E-state index contributed by atoms with van der Waals surface area (Å²) in [6.45, 7) is 5.66. The summed E-state index contributed by atoms with van der Waals surface area (Å²) in [6, 6.07) is 3.67. The Bertz CT molecular complexity index is 585. The summed E-state index contributed by atoms with van der Waals surface area (Å²) in [5.74, 6) is -0.898. The third-order valence-electron chi connectivity index (χ3n) is 2.78. The summed E-state index contributed by atoms with van der Waals surface area (Å²) in [6.07, 6.45) is 3.51. The largest absolute Gasteiger partial charge is 0.478 e. The van der Waals surface area contributed by atoms with E-state index in [1.54, 1.807) is 25.4 Å². The third-order valence-corrected chi connectivity index (χ3v) is 2.78. The van der Waals surface area contributed by atoms with Gasteiger partial charge in [0.25, 0.3) is 0 Å². The van der Waals surface area contributed by atoms with Gasteiger partial charge in [-0.25, -0.2) is 4.79 Å². The second-order valence-electron chi connectivity index (χ2n) is 4.15. The highest BCUT2D eigenvalue weighted by atomic mass is 16.4. The van der Waals surface area contributed by atoms with Crippen molar-refractivity contribution in [2.24, 2.45) is 0 Å². The maximum Gasteiger partial charge on any atom is 0.337 e. The van der Waals surface area contributed by atoms with Crippen LogP contribution in [-0.4, -0.2) is 20.6 Å². The van der Waals surface area contributed by atoms with Crippen LogP contribution in [0.3, 0.4) is 0 Å². The standard InChI is InChI=1S/C13H14N2O2/c1-8-4-11(7-14-6-8)15-9(2)5-12(10(15)3)13(16)17/h4-7H,1-3H3,(H,16,17). The van der Waals surface area contributed by atoms with E-state index in [9.17, 15) is 4.79 Å². The molecule has 0 saturated heterocycles. The van der Waals surface area contributed by atoms with Gasteiger partial charge in [0, 0.05) is 17.6 Å². The van der Waals surface area contributed by atoms with Crippen LogP contribution in [0.25, 0.3) is 5.69 Å². The molecule has 0 saturated carbocycles. The van der Waals surface area contributed by atoms with Gasteiger partial charge in [0.05, 0.1) is 17.4 Å². The molecule has 0 aliphatic rings. The van der Waals surface area contributed by atoms with Crippen LogP contribution in [-0.2, 0) is 0 Å². The van der Waals surface area contributed by atoms with Gasteiger partial charge in [-0.2, -0.15) is 0 Å². The molecule has 0 bridgehead atoms. The molecule has 2 aromatic heterocycles. The number of aromatic carboxylic acids is 1. The number of carboxylic acid groups (broad SMARTS) is 1. The molecule has 0 aliphatic heterocycles. The fraction of sp³-hybridized carbons (Fsp3) is 0.231. The van der Waals surface area contributed by atoms with Crippen molar-refractivity contribution in [3.63, 3.8) is 0 Å². The van der Waals surface area contributed by atoms with Gasteiger partial charge in [0.15, 0.2) is 0 Å². The van der Waals surface area contributed by atoms with Gasteiger partial charge in [-0.05, 0) is 38.5 Å². The zero-order chi connectivity index (χ0) is 12.6. The molecule has 0 fully saturated rings. The van der Waals surface area contributed by atoms with E-state index in [4.69, 9.17) is 5.11 Å². The molecule has 0 atom stereocenters. The van der Waals surface area contributed by atoms with Crippen molar-refractivity contribution < 1.29 is 9.90 Å². The molecule has 0 aliphatic carbocycles. The van der Waals surface area contributed by atoms with Crippen molar-refractivity contribution >= 4 is 5.97 Å². The fourth-order valence-electron chi connectivity index (χ4n) is 2.04. The lowest BCUT2D eigenvalue weighted by atomic mass is 10.2. The average molecular weight is 230 g/mol. The maximum absolute atomic E-state index is 11.1. The van der Waals surface area contributed by atoms with Gasteiger partial charge < -0.3 is 9.67 Å². The highest BCUT2D eigenvalue weighted by molar-refractivity contribution is 5.89. The number of hydrogen-bond acceptors (Lipinski definition) is 2. The molecule has 0 radical (unpaired) electrons. The van der Waals surface area contributed by atoms with Crippen LogP contribution in [0.1, 0.15) is 27.3 Å². The number of aryl methyl sites for hydroxylation is 2. The van der Waals surface area contributed by atoms with Crippen LogP contribution in [0, 0.1) is 20.8 Å². The summed E-state index contributed by atoms with van der Waals surface area (Å²) in [5.41, 5.74) is 3.90. The summed E-state index contributed by atoms with van der Waals surface area (Å²) >= 11 is 0. The van der Waals surface area contributed by atoms with Crippen molar-refractivity contribution in [2.75, 3.05) is 0 Å². The van der Waals surface area contributed by atoms with E-state index >= 15 is 0 Å². The zero-order valence-corrected chi connectivity index (χ0v) is 10.1. The van der Waals surface area contributed by atoms with Crippen molar-refractivity contribution in [3.05, 3.63) is 47.0 Å². The first-order chi connectivity index (χ1) is 8.00. The van der Waals surface area contributed by atoms with Gasteiger partial charge >= 0.3 is 5.97 Å². The van der Waals surface area contributed by atoms with E-state index in [1.165, 1.54) is 0 Å². The molecule has 2 aromatic rings. The molecule has 1 N–H and O–H groups in total. The quantitative estimate of drug-likeness (QED) is 0.862. The SMILES string of the molecule is Cc1cncc(-n2c(C)cc(C(=O)O)c2C)c1. The predicted octanol–water partition coefficient (Wildman–Crippen LogP) is 2.50. The monoisotopic (exact) mass is 230 g/mol. The Balaban J connectivity index is 2.64. The Morgan fingerprint density at radius 3 is 2.47 bits per heavy atom.